The quantitative estimate of drug-likeness (QED) is 0.456. The second-order valence-corrected chi connectivity index (χ2v) is 9.63. The molecule has 29 heavy (non-hydrogen) atoms. The van der Waals surface area contributed by atoms with Crippen LogP contribution >= 0.6 is 23.6 Å². The van der Waals surface area contributed by atoms with E-state index in [2.05, 4.69) is 17.6 Å². The Morgan fingerprint density at radius 2 is 2.07 bits per heavy atom. The number of benzene rings is 1. The summed E-state index contributed by atoms with van der Waals surface area (Å²) >= 11 is 7.13. The zero-order chi connectivity index (χ0) is 20.4. The molecule has 0 aliphatic heterocycles. The molecule has 0 amide bonds. The molecule has 6 heteroatoms. The lowest BCUT2D eigenvalue weighted by Gasteiger charge is -2.29. The number of carbonyl (C=O) groups is 1. The summed E-state index contributed by atoms with van der Waals surface area (Å²) in [6.45, 7) is 4.40. The van der Waals surface area contributed by atoms with E-state index in [1.54, 1.807) is 0 Å². The molecule has 2 N–H and O–H groups in total. The summed E-state index contributed by atoms with van der Waals surface area (Å²) in [5.74, 6) is 2.13. The van der Waals surface area contributed by atoms with Crippen LogP contribution in [0.25, 0.3) is 10.4 Å². The zero-order valence-corrected chi connectivity index (χ0v) is 18.6. The summed E-state index contributed by atoms with van der Waals surface area (Å²) < 4.78 is 5.26. The number of thiophene rings is 1. The normalized spacial score (nSPS) is 23.6. The Morgan fingerprint density at radius 1 is 1.28 bits per heavy atom. The lowest BCUT2D eigenvalue weighted by atomic mass is 9.84. The van der Waals surface area contributed by atoms with E-state index in [1.165, 1.54) is 37.0 Å². The molecule has 2 fully saturated rings. The minimum absolute atomic E-state index is 0.322. The number of hydrogen-bond donors (Lipinski definition) is 2. The standard InChI is InChI=1S/C23H28N2O2S2/c1-3-27-22(26)19-13-20(16-7-5-4-6-8-16)29-21(19)25-23(28)24-14(2)18-12-15-9-10-17(18)11-15/h4-8,13-15,17-18H,3,9-12H2,1-2H3,(H2,24,25,28). The minimum Gasteiger partial charge on any atom is -0.462 e. The maximum absolute atomic E-state index is 12.5. The first-order valence-electron chi connectivity index (χ1n) is 10.5. The monoisotopic (exact) mass is 428 g/mol. The molecule has 0 radical (unpaired) electrons. The van der Waals surface area contributed by atoms with Crippen LogP contribution in [0, 0.1) is 17.8 Å². The molecule has 2 bridgehead atoms. The van der Waals surface area contributed by atoms with Crippen molar-refractivity contribution in [1.82, 2.24) is 5.32 Å². The maximum Gasteiger partial charge on any atom is 0.341 e. The summed E-state index contributed by atoms with van der Waals surface area (Å²) in [6.07, 6.45) is 5.46. The van der Waals surface area contributed by atoms with Gasteiger partial charge in [0.25, 0.3) is 0 Å². The van der Waals surface area contributed by atoms with E-state index in [-0.39, 0.29) is 5.97 Å². The zero-order valence-electron chi connectivity index (χ0n) is 16.9. The first-order chi connectivity index (χ1) is 14.0. The van der Waals surface area contributed by atoms with Gasteiger partial charge in [0.05, 0.1) is 12.2 Å². The predicted octanol–water partition coefficient (Wildman–Crippen LogP) is 5.70. The molecule has 1 aromatic heterocycles. The first-order valence-corrected chi connectivity index (χ1v) is 11.7. The highest BCUT2D eigenvalue weighted by atomic mass is 32.1. The van der Waals surface area contributed by atoms with Gasteiger partial charge >= 0.3 is 5.97 Å². The van der Waals surface area contributed by atoms with Gasteiger partial charge in [0.2, 0.25) is 0 Å². The van der Waals surface area contributed by atoms with Crippen molar-refractivity contribution < 1.29 is 9.53 Å². The maximum atomic E-state index is 12.5. The first kappa shape index (κ1) is 20.4. The third-order valence-electron chi connectivity index (χ3n) is 6.31. The second-order valence-electron chi connectivity index (χ2n) is 8.17. The van der Waals surface area contributed by atoms with Gasteiger partial charge in [-0.05, 0) is 74.7 Å². The van der Waals surface area contributed by atoms with Crippen molar-refractivity contribution in [2.45, 2.75) is 45.6 Å². The van der Waals surface area contributed by atoms with Crippen molar-refractivity contribution in [3.05, 3.63) is 42.0 Å². The van der Waals surface area contributed by atoms with Crippen LogP contribution < -0.4 is 10.6 Å². The van der Waals surface area contributed by atoms with Crippen LogP contribution in [0.5, 0.6) is 0 Å². The Morgan fingerprint density at radius 3 is 2.72 bits per heavy atom. The molecule has 4 rings (SSSR count). The van der Waals surface area contributed by atoms with E-state index in [4.69, 9.17) is 17.0 Å². The minimum atomic E-state index is -0.322. The van der Waals surface area contributed by atoms with E-state index in [0.29, 0.717) is 29.2 Å². The summed E-state index contributed by atoms with van der Waals surface area (Å²) in [4.78, 5) is 13.5. The molecule has 4 atom stereocenters. The Hall–Kier alpha value is -1.92. The number of ether oxygens (including phenoxy) is 1. The second kappa shape index (κ2) is 8.84. The molecule has 1 heterocycles. The summed E-state index contributed by atoms with van der Waals surface area (Å²) in [5, 5.41) is 8.07. The Balaban J connectivity index is 1.48. The third kappa shape index (κ3) is 4.48. The van der Waals surface area contributed by atoms with Gasteiger partial charge in [-0.25, -0.2) is 4.79 Å². The Bertz CT molecular complexity index is 880. The molecule has 0 spiro atoms. The van der Waals surface area contributed by atoms with Gasteiger partial charge in [-0.15, -0.1) is 11.3 Å². The van der Waals surface area contributed by atoms with E-state index < -0.39 is 0 Å². The van der Waals surface area contributed by atoms with Gasteiger partial charge in [0, 0.05) is 10.9 Å². The van der Waals surface area contributed by atoms with Crippen LogP contribution in [0.2, 0.25) is 0 Å². The average molecular weight is 429 g/mol. The number of carbonyl (C=O) groups excluding carboxylic acids is 1. The highest BCUT2D eigenvalue weighted by Crippen LogP contribution is 2.49. The van der Waals surface area contributed by atoms with Crippen molar-refractivity contribution in [3.8, 4) is 10.4 Å². The molecule has 154 valence electrons. The number of fused-ring (bicyclic) bond motifs is 2. The van der Waals surface area contributed by atoms with Crippen LogP contribution in [0.15, 0.2) is 36.4 Å². The van der Waals surface area contributed by atoms with E-state index in [9.17, 15) is 4.79 Å². The number of esters is 1. The molecule has 4 nitrogen and oxygen atoms in total. The molecular formula is C23H28N2O2S2. The number of nitrogens with one attached hydrogen (secondary N) is 2. The summed E-state index contributed by atoms with van der Waals surface area (Å²) in [6, 6.07) is 12.3. The summed E-state index contributed by atoms with van der Waals surface area (Å²) in [7, 11) is 0. The predicted molar refractivity (Wildman–Crippen MR) is 123 cm³/mol. The Labute approximate surface area is 182 Å². The van der Waals surface area contributed by atoms with Crippen molar-refractivity contribution in [1.29, 1.82) is 0 Å². The fourth-order valence-electron chi connectivity index (χ4n) is 4.95. The molecule has 2 aromatic rings. The molecule has 2 saturated carbocycles. The largest absolute Gasteiger partial charge is 0.462 e. The van der Waals surface area contributed by atoms with Gasteiger partial charge in [-0.1, -0.05) is 36.8 Å². The molecular weight excluding hydrogens is 400 g/mol. The van der Waals surface area contributed by atoms with Crippen molar-refractivity contribution in [3.63, 3.8) is 0 Å². The average Bonchev–Trinajstić information content (AvgIpc) is 3.44. The van der Waals surface area contributed by atoms with Gasteiger partial charge < -0.3 is 15.4 Å². The summed E-state index contributed by atoms with van der Waals surface area (Å²) in [5.41, 5.74) is 1.61. The highest BCUT2D eigenvalue weighted by molar-refractivity contribution is 7.80. The fraction of sp³-hybridized carbons (Fsp3) is 0.478. The van der Waals surface area contributed by atoms with Crippen LogP contribution in [0.1, 0.15) is 49.9 Å². The van der Waals surface area contributed by atoms with Crippen LogP contribution in [0.4, 0.5) is 5.00 Å². The van der Waals surface area contributed by atoms with Crippen molar-refractivity contribution in [2.24, 2.45) is 17.8 Å². The van der Waals surface area contributed by atoms with Crippen molar-refractivity contribution >= 4 is 39.6 Å². The number of thiocarbonyl (C=S) groups is 1. The number of anilines is 1. The van der Waals surface area contributed by atoms with Crippen LogP contribution in [-0.2, 0) is 4.74 Å². The van der Waals surface area contributed by atoms with Gasteiger partial charge in [-0.3, -0.25) is 0 Å². The van der Waals surface area contributed by atoms with Gasteiger partial charge in [0.15, 0.2) is 5.11 Å². The smallest absolute Gasteiger partial charge is 0.341 e. The highest BCUT2D eigenvalue weighted by Gasteiger charge is 2.41. The number of rotatable bonds is 6. The molecule has 0 saturated heterocycles. The van der Waals surface area contributed by atoms with E-state index in [1.807, 2.05) is 43.3 Å². The van der Waals surface area contributed by atoms with Crippen LogP contribution in [-0.4, -0.2) is 23.7 Å². The van der Waals surface area contributed by atoms with Gasteiger partial charge in [-0.2, -0.15) is 0 Å². The van der Waals surface area contributed by atoms with Crippen molar-refractivity contribution in [2.75, 3.05) is 11.9 Å². The van der Waals surface area contributed by atoms with E-state index in [0.717, 1.165) is 27.3 Å². The fourth-order valence-corrected chi connectivity index (χ4v) is 6.36. The Kier molecular flexibility index (Phi) is 6.20. The topological polar surface area (TPSA) is 50.4 Å². The van der Waals surface area contributed by atoms with E-state index >= 15 is 0 Å². The lowest BCUT2D eigenvalue weighted by Crippen LogP contribution is -2.42. The number of hydrogen-bond acceptors (Lipinski definition) is 4. The van der Waals surface area contributed by atoms with Crippen LogP contribution in [0.3, 0.4) is 0 Å². The molecule has 4 unspecified atom stereocenters. The molecule has 2 aliphatic carbocycles. The SMILES string of the molecule is CCOC(=O)c1cc(-c2ccccc2)sc1NC(=S)NC(C)C1CC2CCC1C2. The molecule has 1 aromatic carbocycles. The lowest BCUT2D eigenvalue weighted by molar-refractivity contribution is 0.0528. The van der Waals surface area contributed by atoms with Gasteiger partial charge in [0.1, 0.15) is 5.00 Å². The third-order valence-corrected chi connectivity index (χ3v) is 7.63. The molecule has 2 aliphatic rings.